The third-order valence-electron chi connectivity index (χ3n) is 6.04. The van der Waals surface area contributed by atoms with Crippen LogP contribution in [0.1, 0.15) is 0 Å². The second kappa shape index (κ2) is 9.90. The minimum Gasteiger partial charge on any atom is -0.394 e. The monoisotopic (exact) mass is 527 g/mol. The summed E-state index contributed by atoms with van der Waals surface area (Å²) in [7, 11) is 1.57. The van der Waals surface area contributed by atoms with Crippen LogP contribution in [0.2, 0.25) is 10.0 Å². The summed E-state index contributed by atoms with van der Waals surface area (Å²) in [5.41, 5.74) is 1.68. The second-order valence-corrected chi connectivity index (χ2v) is 9.13. The van der Waals surface area contributed by atoms with Crippen molar-refractivity contribution >= 4 is 51.6 Å². The Bertz CT molecular complexity index is 1530. The van der Waals surface area contributed by atoms with Crippen LogP contribution in [0.4, 0.5) is 17.3 Å². The molecule has 0 radical (unpaired) electrons. The highest BCUT2D eigenvalue weighted by Crippen LogP contribution is 2.27. The van der Waals surface area contributed by atoms with E-state index in [1.165, 1.54) is 10.8 Å². The van der Waals surface area contributed by atoms with Crippen LogP contribution < -0.4 is 21.4 Å². The minimum absolute atomic E-state index is 0.0105. The van der Waals surface area contributed by atoms with Gasteiger partial charge in [-0.05, 0) is 36.4 Å². The normalized spacial score (nSPS) is 15.9. The van der Waals surface area contributed by atoms with Crippen LogP contribution >= 0.6 is 23.2 Å². The van der Waals surface area contributed by atoms with E-state index < -0.39 is 5.69 Å². The molecule has 3 N–H and O–H groups in total. The lowest BCUT2D eigenvalue weighted by atomic mass is 10.2. The van der Waals surface area contributed by atoms with Crippen LogP contribution in [0, 0.1) is 5.41 Å². The van der Waals surface area contributed by atoms with E-state index in [0.717, 1.165) is 22.5 Å². The molecule has 1 aliphatic rings. The van der Waals surface area contributed by atoms with Crippen molar-refractivity contribution in [1.29, 1.82) is 5.41 Å². The average molecular weight is 528 g/mol. The largest absolute Gasteiger partial charge is 0.394 e. The number of benzene rings is 2. The molecule has 1 saturated heterocycles. The summed E-state index contributed by atoms with van der Waals surface area (Å²) < 4.78 is 7.99. The molecule has 1 atom stereocenters. The maximum Gasteiger partial charge on any atom is 0.335 e. The van der Waals surface area contributed by atoms with Crippen molar-refractivity contribution in [3.05, 3.63) is 74.7 Å². The van der Waals surface area contributed by atoms with Crippen LogP contribution in [-0.4, -0.2) is 56.6 Å². The van der Waals surface area contributed by atoms with Gasteiger partial charge in [0.25, 0.3) is 0 Å². The van der Waals surface area contributed by atoms with Gasteiger partial charge in [-0.3, -0.25) is 9.98 Å². The standard InChI is InChI=1S/C24H23Cl2N7O3/c1-31-22-17(21(27)33(24(31)35)20-18(25)3-2-4-19(20)26)11-28-23(30-22)29-14-5-7-15(8-6-14)32-9-10-36-16(12-32)13-34/h2-8,11,16,27,34H,9-10,12-13H2,1H3,(H,28,29,30). The van der Waals surface area contributed by atoms with Gasteiger partial charge < -0.3 is 20.1 Å². The Hall–Kier alpha value is -3.44. The van der Waals surface area contributed by atoms with Crippen LogP contribution in [0.5, 0.6) is 0 Å². The highest BCUT2D eigenvalue weighted by molar-refractivity contribution is 6.37. The minimum atomic E-state index is -0.511. The maximum atomic E-state index is 13.2. The van der Waals surface area contributed by atoms with E-state index in [-0.39, 0.29) is 39.9 Å². The Kier molecular flexibility index (Phi) is 6.67. The van der Waals surface area contributed by atoms with Gasteiger partial charge in [0.1, 0.15) is 5.49 Å². The first kappa shape index (κ1) is 24.3. The maximum absolute atomic E-state index is 13.2. The van der Waals surface area contributed by atoms with Crippen LogP contribution in [0.25, 0.3) is 16.7 Å². The molecule has 2 aromatic carbocycles. The Morgan fingerprint density at radius 2 is 1.92 bits per heavy atom. The summed E-state index contributed by atoms with van der Waals surface area (Å²) in [5.74, 6) is 0.282. The average Bonchev–Trinajstić information content (AvgIpc) is 2.89. The van der Waals surface area contributed by atoms with Crippen molar-refractivity contribution < 1.29 is 9.84 Å². The molecule has 0 amide bonds. The number of aryl methyl sites for hydroxylation is 1. The molecule has 12 heteroatoms. The van der Waals surface area contributed by atoms with Crippen LogP contribution in [-0.2, 0) is 11.8 Å². The van der Waals surface area contributed by atoms with E-state index in [2.05, 4.69) is 20.2 Å². The smallest absolute Gasteiger partial charge is 0.335 e. The summed E-state index contributed by atoms with van der Waals surface area (Å²) in [4.78, 5) is 24.2. The fourth-order valence-electron chi connectivity index (χ4n) is 4.17. The molecule has 10 nitrogen and oxygen atoms in total. The zero-order valence-corrected chi connectivity index (χ0v) is 20.8. The van der Waals surface area contributed by atoms with Gasteiger partial charge in [0.2, 0.25) is 5.95 Å². The number of aliphatic hydroxyl groups excluding tert-OH is 1. The molecule has 3 heterocycles. The number of rotatable bonds is 5. The molecule has 1 fully saturated rings. The second-order valence-electron chi connectivity index (χ2n) is 8.32. The number of ether oxygens (including phenoxy) is 1. The van der Waals surface area contributed by atoms with Gasteiger partial charge in [-0.2, -0.15) is 4.98 Å². The molecule has 0 bridgehead atoms. The number of hydrogen-bond donors (Lipinski definition) is 3. The fraction of sp³-hybridized carbons (Fsp3) is 0.250. The van der Waals surface area contributed by atoms with Gasteiger partial charge in [-0.1, -0.05) is 29.3 Å². The molecular formula is C24H23Cl2N7O3. The van der Waals surface area contributed by atoms with E-state index in [1.807, 2.05) is 24.3 Å². The summed E-state index contributed by atoms with van der Waals surface area (Å²) in [5, 5.41) is 22.0. The van der Waals surface area contributed by atoms with Crippen molar-refractivity contribution in [2.45, 2.75) is 6.10 Å². The first-order valence-corrected chi connectivity index (χ1v) is 11.9. The molecule has 1 unspecified atom stereocenters. The predicted octanol–water partition coefficient (Wildman–Crippen LogP) is 2.85. The van der Waals surface area contributed by atoms with E-state index >= 15 is 0 Å². The first-order valence-electron chi connectivity index (χ1n) is 11.2. The highest BCUT2D eigenvalue weighted by atomic mass is 35.5. The van der Waals surface area contributed by atoms with Crippen molar-refractivity contribution in [3.8, 4) is 5.69 Å². The third kappa shape index (κ3) is 4.44. The Morgan fingerprint density at radius 3 is 2.61 bits per heavy atom. The van der Waals surface area contributed by atoms with Gasteiger partial charge >= 0.3 is 5.69 Å². The molecule has 186 valence electrons. The van der Waals surface area contributed by atoms with Crippen molar-refractivity contribution in [1.82, 2.24) is 19.1 Å². The van der Waals surface area contributed by atoms with Crippen LogP contribution in [0.15, 0.2) is 53.5 Å². The Labute approximate surface area is 215 Å². The van der Waals surface area contributed by atoms with Crippen LogP contribution in [0.3, 0.4) is 0 Å². The van der Waals surface area contributed by atoms with E-state index in [9.17, 15) is 9.90 Å². The van der Waals surface area contributed by atoms with E-state index in [0.29, 0.717) is 24.2 Å². The van der Waals surface area contributed by atoms with Gasteiger partial charge in [0.05, 0.1) is 40.4 Å². The van der Waals surface area contributed by atoms with E-state index in [4.69, 9.17) is 33.3 Å². The molecule has 5 rings (SSSR count). The van der Waals surface area contributed by atoms with Gasteiger partial charge in [-0.15, -0.1) is 0 Å². The van der Waals surface area contributed by atoms with Gasteiger partial charge in [0, 0.05) is 37.7 Å². The topological polar surface area (TPSA) is 121 Å². The molecule has 0 aliphatic carbocycles. The zero-order chi connectivity index (χ0) is 25.4. The summed E-state index contributed by atoms with van der Waals surface area (Å²) in [6.45, 7) is 1.93. The number of aliphatic hydroxyl groups is 1. The number of fused-ring (bicyclic) bond motifs is 1. The summed E-state index contributed by atoms with van der Waals surface area (Å²) >= 11 is 12.6. The van der Waals surface area contributed by atoms with Gasteiger partial charge in [-0.25, -0.2) is 14.3 Å². The summed E-state index contributed by atoms with van der Waals surface area (Å²) in [6.07, 6.45) is 1.30. The summed E-state index contributed by atoms with van der Waals surface area (Å²) in [6, 6.07) is 12.6. The lowest BCUT2D eigenvalue weighted by Gasteiger charge is -2.33. The number of para-hydroxylation sites is 1. The lowest BCUT2D eigenvalue weighted by Crippen LogP contribution is -2.44. The molecule has 0 saturated carbocycles. The number of nitrogens with zero attached hydrogens (tertiary/aromatic N) is 5. The Morgan fingerprint density at radius 1 is 1.19 bits per heavy atom. The van der Waals surface area contributed by atoms with Crippen molar-refractivity contribution in [2.75, 3.05) is 36.5 Å². The molecule has 1 aliphatic heterocycles. The molecule has 2 aromatic heterocycles. The molecule has 0 spiro atoms. The zero-order valence-electron chi connectivity index (χ0n) is 19.3. The highest BCUT2D eigenvalue weighted by Gasteiger charge is 2.20. The third-order valence-corrected chi connectivity index (χ3v) is 6.65. The van der Waals surface area contributed by atoms with E-state index in [1.54, 1.807) is 25.2 Å². The molecule has 4 aromatic rings. The predicted molar refractivity (Wildman–Crippen MR) is 139 cm³/mol. The number of hydrogen-bond acceptors (Lipinski definition) is 8. The quantitative estimate of drug-likeness (QED) is 0.364. The van der Waals surface area contributed by atoms with Crippen molar-refractivity contribution in [3.63, 3.8) is 0 Å². The molecule has 36 heavy (non-hydrogen) atoms. The fourth-order valence-corrected chi connectivity index (χ4v) is 4.74. The number of aromatic nitrogens is 4. The van der Waals surface area contributed by atoms with Crippen molar-refractivity contribution in [2.24, 2.45) is 7.05 Å². The lowest BCUT2D eigenvalue weighted by molar-refractivity contribution is 0.00357. The first-order chi connectivity index (χ1) is 17.4. The number of morpholine rings is 1. The number of halogens is 2. The van der Waals surface area contributed by atoms with Gasteiger partial charge in [0.15, 0.2) is 5.65 Å². The number of anilines is 3. The SMILES string of the molecule is Cn1c(=O)n(-c2c(Cl)cccc2Cl)c(=N)c2cnc(Nc3ccc(N4CCOC(CO)C4)cc3)nc21. The Balaban J connectivity index is 1.46. The molecular weight excluding hydrogens is 505 g/mol. The number of nitrogens with one attached hydrogen (secondary N) is 2.